The van der Waals surface area contributed by atoms with Gasteiger partial charge >= 0.3 is 0 Å². The van der Waals surface area contributed by atoms with E-state index in [4.69, 9.17) is 17.3 Å². The van der Waals surface area contributed by atoms with Crippen molar-refractivity contribution in [3.63, 3.8) is 0 Å². The van der Waals surface area contributed by atoms with Crippen molar-refractivity contribution in [1.29, 1.82) is 0 Å². The maximum absolute atomic E-state index is 13.0. The topological polar surface area (TPSA) is 43.8 Å². The lowest BCUT2D eigenvalue weighted by atomic mass is 10.3. The third-order valence-corrected chi connectivity index (χ3v) is 2.54. The molecule has 2 aromatic rings. The van der Waals surface area contributed by atoms with E-state index in [2.05, 4.69) is 5.10 Å². The number of aryl methyl sites for hydroxylation is 1. The Hall–Kier alpha value is -1.55. The number of nitrogen functional groups attached to an aromatic ring is 1. The van der Waals surface area contributed by atoms with Crippen molar-refractivity contribution in [1.82, 2.24) is 9.78 Å². The lowest BCUT2D eigenvalue weighted by Crippen LogP contribution is -2.02. The minimum atomic E-state index is -0.337. The van der Waals surface area contributed by atoms with Gasteiger partial charge in [-0.25, -0.2) is 9.07 Å². The second-order valence-electron chi connectivity index (χ2n) is 3.18. The Morgan fingerprint density at radius 1 is 1.47 bits per heavy atom. The van der Waals surface area contributed by atoms with Gasteiger partial charge in [-0.15, -0.1) is 0 Å². The Kier molecular flexibility index (Phi) is 2.36. The molecule has 1 heterocycles. The summed E-state index contributed by atoms with van der Waals surface area (Å²) in [5, 5.41) is 4.52. The van der Waals surface area contributed by atoms with Gasteiger partial charge in [-0.05, 0) is 25.1 Å². The zero-order chi connectivity index (χ0) is 11.0. The standard InChI is InChI=1S/C10H9ClFN3/c1-6-9(11)10(13)15(14-6)8-4-2-3-7(12)5-8/h2-5H,13H2,1H3. The van der Waals surface area contributed by atoms with Gasteiger partial charge in [-0.3, -0.25) is 0 Å². The summed E-state index contributed by atoms with van der Waals surface area (Å²) < 4.78 is 14.4. The van der Waals surface area contributed by atoms with Gasteiger partial charge in [0.1, 0.15) is 16.7 Å². The first kappa shape index (κ1) is 9.98. The fourth-order valence-electron chi connectivity index (χ4n) is 1.33. The van der Waals surface area contributed by atoms with E-state index in [9.17, 15) is 4.39 Å². The van der Waals surface area contributed by atoms with Crippen molar-refractivity contribution in [2.24, 2.45) is 0 Å². The minimum Gasteiger partial charge on any atom is -0.382 e. The van der Waals surface area contributed by atoms with Gasteiger partial charge in [0, 0.05) is 0 Å². The number of halogens is 2. The third kappa shape index (κ3) is 1.68. The summed E-state index contributed by atoms with van der Waals surface area (Å²) in [5.74, 6) is -0.0176. The van der Waals surface area contributed by atoms with E-state index in [1.54, 1.807) is 19.1 Å². The molecule has 0 aliphatic heterocycles. The quantitative estimate of drug-likeness (QED) is 0.811. The molecule has 0 aliphatic rings. The van der Waals surface area contributed by atoms with Crippen LogP contribution in [0.3, 0.4) is 0 Å². The van der Waals surface area contributed by atoms with Crippen LogP contribution in [-0.4, -0.2) is 9.78 Å². The zero-order valence-electron chi connectivity index (χ0n) is 8.04. The van der Waals surface area contributed by atoms with Gasteiger partial charge in [-0.1, -0.05) is 17.7 Å². The Labute approximate surface area is 91.3 Å². The van der Waals surface area contributed by atoms with Crippen molar-refractivity contribution < 1.29 is 4.39 Å². The number of aromatic nitrogens is 2. The molecule has 0 amide bonds. The van der Waals surface area contributed by atoms with Crippen molar-refractivity contribution in [2.45, 2.75) is 6.92 Å². The lowest BCUT2D eigenvalue weighted by Gasteiger charge is -2.03. The molecule has 15 heavy (non-hydrogen) atoms. The average molecular weight is 226 g/mol. The predicted molar refractivity (Wildman–Crippen MR) is 57.7 cm³/mol. The van der Waals surface area contributed by atoms with Crippen LogP contribution in [0.5, 0.6) is 0 Å². The maximum atomic E-state index is 13.0. The molecule has 0 radical (unpaired) electrons. The molecule has 0 bridgehead atoms. The Balaban J connectivity index is 2.59. The molecule has 1 aromatic carbocycles. The largest absolute Gasteiger partial charge is 0.382 e. The molecular weight excluding hydrogens is 217 g/mol. The van der Waals surface area contributed by atoms with E-state index in [1.165, 1.54) is 16.8 Å². The van der Waals surface area contributed by atoms with E-state index in [0.29, 0.717) is 22.2 Å². The fourth-order valence-corrected chi connectivity index (χ4v) is 1.45. The van der Waals surface area contributed by atoms with Gasteiger partial charge in [0.25, 0.3) is 0 Å². The molecular formula is C10H9ClFN3. The number of hydrogen-bond donors (Lipinski definition) is 1. The lowest BCUT2D eigenvalue weighted by molar-refractivity contribution is 0.625. The van der Waals surface area contributed by atoms with Crippen LogP contribution in [0.25, 0.3) is 5.69 Å². The smallest absolute Gasteiger partial charge is 0.146 e. The van der Waals surface area contributed by atoms with Crippen molar-refractivity contribution in [2.75, 3.05) is 5.73 Å². The number of benzene rings is 1. The molecule has 5 heteroatoms. The van der Waals surface area contributed by atoms with Crippen LogP contribution in [-0.2, 0) is 0 Å². The monoisotopic (exact) mass is 225 g/mol. The van der Waals surface area contributed by atoms with Gasteiger partial charge in [0.15, 0.2) is 0 Å². The molecule has 0 fully saturated rings. The normalized spacial score (nSPS) is 10.6. The highest BCUT2D eigenvalue weighted by Crippen LogP contribution is 2.25. The average Bonchev–Trinajstić information content (AvgIpc) is 2.46. The Morgan fingerprint density at radius 3 is 2.73 bits per heavy atom. The summed E-state index contributed by atoms with van der Waals surface area (Å²) in [6.07, 6.45) is 0. The van der Waals surface area contributed by atoms with Crippen molar-refractivity contribution in [3.05, 3.63) is 40.8 Å². The summed E-state index contributed by atoms with van der Waals surface area (Å²) in [4.78, 5) is 0. The molecule has 2 rings (SSSR count). The Morgan fingerprint density at radius 2 is 2.20 bits per heavy atom. The van der Waals surface area contributed by atoms with Crippen LogP contribution >= 0.6 is 11.6 Å². The Bertz CT molecular complexity index is 507. The van der Waals surface area contributed by atoms with Gasteiger partial charge < -0.3 is 5.73 Å². The van der Waals surface area contributed by atoms with Crippen LogP contribution in [0.15, 0.2) is 24.3 Å². The van der Waals surface area contributed by atoms with E-state index in [1.807, 2.05) is 0 Å². The van der Waals surface area contributed by atoms with E-state index >= 15 is 0 Å². The molecule has 0 aliphatic carbocycles. The highest BCUT2D eigenvalue weighted by molar-refractivity contribution is 6.33. The van der Waals surface area contributed by atoms with Crippen molar-refractivity contribution in [3.8, 4) is 5.69 Å². The molecule has 0 atom stereocenters. The molecule has 0 unspecified atom stereocenters. The first-order chi connectivity index (χ1) is 7.09. The van der Waals surface area contributed by atoms with Crippen LogP contribution in [0.2, 0.25) is 5.02 Å². The van der Waals surface area contributed by atoms with Gasteiger partial charge in [0.05, 0.1) is 11.4 Å². The first-order valence-electron chi connectivity index (χ1n) is 4.36. The van der Waals surface area contributed by atoms with Crippen LogP contribution in [0.4, 0.5) is 10.2 Å². The fraction of sp³-hybridized carbons (Fsp3) is 0.100. The summed E-state index contributed by atoms with van der Waals surface area (Å²) >= 11 is 5.89. The van der Waals surface area contributed by atoms with E-state index in [0.717, 1.165) is 0 Å². The molecule has 0 saturated heterocycles. The summed E-state index contributed by atoms with van der Waals surface area (Å²) in [7, 11) is 0. The number of nitrogens with zero attached hydrogens (tertiary/aromatic N) is 2. The van der Waals surface area contributed by atoms with Crippen LogP contribution in [0, 0.1) is 12.7 Å². The number of anilines is 1. The second-order valence-corrected chi connectivity index (χ2v) is 3.55. The number of rotatable bonds is 1. The number of nitrogens with two attached hydrogens (primary N) is 1. The SMILES string of the molecule is Cc1nn(-c2cccc(F)c2)c(N)c1Cl. The summed E-state index contributed by atoms with van der Waals surface area (Å²) in [5.41, 5.74) is 6.91. The molecule has 2 N–H and O–H groups in total. The molecule has 3 nitrogen and oxygen atoms in total. The van der Waals surface area contributed by atoms with Crippen LogP contribution < -0.4 is 5.73 Å². The third-order valence-electron chi connectivity index (χ3n) is 2.07. The highest BCUT2D eigenvalue weighted by Gasteiger charge is 2.11. The van der Waals surface area contributed by atoms with Gasteiger partial charge in [0.2, 0.25) is 0 Å². The minimum absolute atomic E-state index is 0.319. The second kappa shape index (κ2) is 3.55. The van der Waals surface area contributed by atoms with Crippen LogP contribution in [0.1, 0.15) is 5.69 Å². The highest BCUT2D eigenvalue weighted by atomic mass is 35.5. The summed E-state index contributed by atoms with van der Waals surface area (Å²) in [6.45, 7) is 1.74. The molecule has 1 aromatic heterocycles. The predicted octanol–water partition coefficient (Wildman–Crippen LogP) is 2.56. The van der Waals surface area contributed by atoms with Gasteiger partial charge in [-0.2, -0.15) is 5.10 Å². The van der Waals surface area contributed by atoms with E-state index in [-0.39, 0.29) is 5.82 Å². The first-order valence-corrected chi connectivity index (χ1v) is 4.74. The zero-order valence-corrected chi connectivity index (χ0v) is 8.79. The molecule has 78 valence electrons. The van der Waals surface area contributed by atoms with Crippen molar-refractivity contribution >= 4 is 17.4 Å². The molecule has 0 spiro atoms. The molecule has 0 saturated carbocycles. The van der Waals surface area contributed by atoms with E-state index < -0.39 is 0 Å². The maximum Gasteiger partial charge on any atom is 0.146 e. The number of hydrogen-bond acceptors (Lipinski definition) is 2. The summed E-state index contributed by atoms with van der Waals surface area (Å²) in [6, 6.07) is 6.01.